The minimum Gasteiger partial charge on any atom is -0.451 e. The number of sulfonamides is 1. The molecule has 0 aliphatic carbocycles. The summed E-state index contributed by atoms with van der Waals surface area (Å²) < 4.78 is 32.6. The van der Waals surface area contributed by atoms with E-state index in [0.29, 0.717) is 19.6 Å². The molecule has 2 atom stereocenters. The number of ether oxygens (including phenoxy) is 1. The summed E-state index contributed by atoms with van der Waals surface area (Å²) in [6, 6.07) is 12.3. The van der Waals surface area contributed by atoms with Crippen LogP contribution in [0.1, 0.15) is 57.0 Å². The summed E-state index contributed by atoms with van der Waals surface area (Å²) in [5.74, 6) is -2.01. The molecule has 0 fully saturated rings. The number of hydrogen-bond acceptors (Lipinski definition) is 6. The molecule has 0 bridgehead atoms. The first-order valence-electron chi connectivity index (χ1n) is 13.0. The highest BCUT2D eigenvalue weighted by Crippen LogP contribution is 2.27. The lowest BCUT2D eigenvalue weighted by molar-refractivity contribution is -0.156. The number of hydrogen-bond donors (Lipinski definition) is 1. The average molecular weight is 544 g/mol. The highest BCUT2D eigenvalue weighted by Gasteiger charge is 2.33. The number of nitrogens with one attached hydrogen (secondary N) is 1. The molecule has 0 radical (unpaired) electrons. The predicted octanol–water partition coefficient (Wildman–Crippen LogP) is 3.38. The smallest absolute Gasteiger partial charge is 0.329 e. The molecular formula is C28H37N3O6S. The Balaban J connectivity index is 1.72. The fourth-order valence-corrected chi connectivity index (χ4v) is 6.02. The van der Waals surface area contributed by atoms with Crippen molar-refractivity contribution in [2.45, 2.75) is 64.5 Å². The largest absolute Gasteiger partial charge is 0.451 e. The highest BCUT2D eigenvalue weighted by molar-refractivity contribution is 7.89. The molecule has 0 saturated carbocycles. The molecule has 2 amide bonds. The van der Waals surface area contributed by atoms with Crippen LogP contribution in [0.15, 0.2) is 53.4 Å². The SMILES string of the molecule is CCN(CC)S(=O)(=O)c1cccc(C(=O)N[C@H](C(=O)O[C@H](C)C(=O)N2CCCc3ccccc32)C(C)C)c1. The van der Waals surface area contributed by atoms with Crippen LogP contribution in [-0.2, 0) is 30.8 Å². The predicted molar refractivity (Wildman–Crippen MR) is 145 cm³/mol. The van der Waals surface area contributed by atoms with Gasteiger partial charge in [-0.25, -0.2) is 13.2 Å². The number of amides is 2. The Hall–Kier alpha value is -3.24. The van der Waals surface area contributed by atoms with Gasteiger partial charge >= 0.3 is 5.97 Å². The third-order valence-corrected chi connectivity index (χ3v) is 8.71. The van der Waals surface area contributed by atoms with Crippen molar-refractivity contribution < 1.29 is 27.5 Å². The van der Waals surface area contributed by atoms with Crippen molar-refractivity contribution in [2.24, 2.45) is 5.92 Å². The Labute approximate surface area is 225 Å². The van der Waals surface area contributed by atoms with Crippen LogP contribution in [0.25, 0.3) is 0 Å². The zero-order chi connectivity index (χ0) is 28.0. The van der Waals surface area contributed by atoms with Gasteiger partial charge in [0.1, 0.15) is 6.04 Å². The molecule has 38 heavy (non-hydrogen) atoms. The molecule has 0 aromatic heterocycles. The third-order valence-electron chi connectivity index (χ3n) is 6.66. The van der Waals surface area contributed by atoms with Gasteiger partial charge < -0.3 is 15.0 Å². The average Bonchev–Trinajstić information content (AvgIpc) is 2.91. The summed E-state index contributed by atoms with van der Waals surface area (Å²) in [7, 11) is -3.76. The van der Waals surface area contributed by atoms with Crippen molar-refractivity contribution in [3.63, 3.8) is 0 Å². The fourth-order valence-electron chi connectivity index (χ4n) is 4.51. The number of para-hydroxylation sites is 1. The number of esters is 1. The van der Waals surface area contributed by atoms with E-state index in [1.807, 2.05) is 24.3 Å². The summed E-state index contributed by atoms with van der Waals surface area (Å²) in [6.45, 7) is 9.65. The van der Waals surface area contributed by atoms with Crippen molar-refractivity contribution in [3.8, 4) is 0 Å². The fraction of sp³-hybridized carbons (Fsp3) is 0.464. The standard InChI is InChI=1S/C28H37N3O6S/c1-6-30(7-2)38(35,36)23-15-10-13-22(18-23)26(32)29-25(19(3)4)28(34)37-20(5)27(33)31-17-11-14-21-12-8-9-16-24(21)31/h8-10,12-13,15-16,18-20,25H,6-7,11,14,17H2,1-5H3,(H,29,32)/t20-,25+/m1/s1. The molecule has 1 N–H and O–H groups in total. The molecule has 3 rings (SSSR count). The Morgan fingerprint density at radius 3 is 2.37 bits per heavy atom. The van der Waals surface area contributed by atoms with Crippen molar-refractivity contribution in [3.05, 3.63) is 59.7 Å². The number of rotatable bonds is 10. The van der Waals surface area contributed by atoms with Crippen molar-refractivity contribution >= 4 is 33.5 Å². The van der Waals surface area contributed by atoms with Crippen molar-refractivity contribution in [2.75, 3.05) is 24.5 Å². The summed E-state index contributed by atoms with van der Waals surface area (Å²) in [5.41, 5.74) is 1.99. The van der Waals surface area contributed by atoms with Crippen LogP contribution in [0.3, 0.4) is 0 Å². The molecule has 2 aromatic rings. The second kappa shape index (κ2) is 12.5. The Morgan fingerprint density at radius 1 is 1.03 bits per heavy atom. The van der Waals surface area contributed by atoms with Crippen molar-refractivity contribution in [1.29, 1.82) is 0 Å². The zero-order valence-corrected chi connectivity index (χ0v) is 23.5. The van der Waals surface area contributed by atoms with E-state index < -0.39 is 34.0 Å². The quantitative estimate of drug-likeness (QED) is 0.460. The van der Waals surface area contributed by atoms with Gasteiger partial charge in [-0.1, -0.05) is 52.0 Å². The number of anilines is 1. The first kappa shape index (κ1) is 29.3. The van der Waals surface area contributed by atoms with Crippen LogP contribution in [0.5, 0.6) is 0 Å². The third kappa shape index (κ3) is 6.42. The molecule has 1 heterocycles. The van der Waals surface area contributed by atoms with E-state index in [2.05, 4.69) is 5.32 Å². The summed E-state index contributed by atoms with van der Waals surface area (Å²) in [6.07, 6.45) is 0.652. The summed E-state index contributed by atoms with van der Waals surface area (Å²) >= 11 is 0. The number of carbonyl (C=O) groups is 3. The second-order valence-corrected chi connectivity index (χ2v) is 11.6. The lowest BCUT2D eigenvalue weighted by Gasteiger charge is -2.31. The summed E-state index contributed by atoms with van der Waals surface area (Å²) in [4.78, 5) is 40.9. The van der Waals surface area contributed by atoms with Gasteiger partial charge in [0, 0.05) is 30.9 Å². The van der Waals surface area contributed by atoms with E-state index >= 15 is 0 Å². The molecule has 206 valence electrons. The van der Waals surface area contributed by atoms with Gasteiger partial charge in [-0.3, -0.25) is 9.59 Å². The van der Waals surface area contributed by atoms with Crippen LogP contribution < -0.4 is 10.2 Å². The maximum atomic E-state index is 13.2. The number of aryl methyl sites for hydroxylation is 1. The zero-order valence-electron chi connectivity index (χ0n) is 22.6. The minimum absolute atomic E-state index is 0.00134. The van der Waals surface area contributed by atoms with E-state index in [4.69, 9.17) is 4.74 Å². The molecule has 0 spiro atoms. The van der Waals surface area contributed by atoms with Crippen molar-refractivity contribution in [1.82, 2.24) is 9.62 Å². The van der Waals surface area contributed by atoms with Gasteiger partial charge in [0.05, 0.1) is 4.90 Å². The minimum atomic E-state index is -3.76. The normalized spacial score (nSPS) is 15.1. The van der Waals surface area contributed by atoms with Crippen LogP contribution in [0, 0.1) is 5.92 Å². The van der Waals surface area contributed by atoms with E-state index in [9.17, 15) is 22.8 Å². The van der Waals surface area contributed by atoms with Gasteiger partial charge in [-0.15, -0.1) is 0 Å². The lowest BCUT2D eigenvalue weighted by Crippen LogP contribution is -2.49. The van der Waals surface area contributed by atoms with Crippen LogP contribution in [-0.4, -0.2) is 62.3 Å². The Morgan fingerprint density at radius 2 is 1.71 bits per heavy atom. The number of nitrogens with zero attached hydrogens (tertiary/aromatic N) is 2. The van der Waals surface area contributed by atoms with Gasteiger partial charge in [0.15, 0.2) is 6.10 Å². The molecule has 1 aliphatic heterocycles. The van der Waals surface area contributed by atoms with E-state index in [0.717, 1.165) is 24.1 Å². The highest BCUT2D eigenvalue weighted by atomic mass is 32.2. The Bertz CT molecular complexity index is 1270. The molecule has 9 nitrogen and oxygen atoms in total. The molecule has 0 unspecified atom stereocenters. The Kier molecular flexibility index (Phi) is 9.67. The molecule has 1 aliphatic rings. The number of carbonyl (C=O) groups excluding carboxylic acids is 3. The van der Waals surface area contributed by atoms with Gasteiger partial charge in [-0.05, 0) is 55.5 Å². The molecule has 0 saturated heterocycles. The lowest BCUT2D eigenvalue weighted by atomic mass is 10.0. The van der Waals surface area contributed by atoms with E-state index in [-0.39, 0.29) is 22.3 Å². The first-order chi connectivity index (χ1) is 18.0. The maximum absolute atomic E-state index is 13.2. The monoisotopic (exact) mass is 543 g/mol. The summed E-state index contributed by atoms with van der Waals surface area (Å²) in [5, 5.41) is 2.66. The first-order valence-corrected chi connectivity index (χ1v) is 14.5. The van der Waals surface area contributed by atoms with E-state index in [1.54, 1.807) is 32.6 Å². The molecule has 10 heteroatoms. The maximum Gasteiger partial charge on any atom is 0.329 e. The van der Waals surface area contributed by atoms with Gasteiger partial charge in [0.2, 0.25) is 10.0 Å². The van der Waals surface area contributed by atoms with Crippen LogP contribution in [0.2, 0.25) is 0 Å². The topological polar surface area (TPSA) is 113 Å². The van der Waals surface area contributed by atoms with Gasteiger partial charge in [-0.2, -0.15) is 4.31 Å². The van der Waals surface area contributed by atoms with E-state index in [1.165, 1.54) is 35.5 Å². The number of fused-ring (bicyclic) bond motifs is 1. The van der Waals surface area contributed by atoms with Crippen LogP contribution >= 0.6 is 0 Å². The van der Waals surface area contributed by atoms with Gasteiger partial charge in [0.25, 0.3) is 11.8 Å². The molecular weight excluding hydrogens is 506 g/mol. The molecule has 2 aromatic carbocycles. The van der Waals surface area contributed by atoms with Crippen LogP contribution in [0.4, 0.5) is 5.69 Å². The number of benzene rings is 2. The second-order valence-electron chi connectivity index (χ2n) is 9.61.